The highest BCUT2D eigenvalue weighted by atomic mass is 16.3. The van der Waals surface area contributed by atoms with Crippen LogP contribution >= 0.6 is 0 Å². The van der Waals surface area contributed by atoms with Crippen molar-refractivity contribution in [2.24, 2.45) is 34.5 Å². The highest BCUT2D eigenvalue weighted by Crippen LogP contribution is 2.64. The van der Waals surface area contributed by atoms with Crippen LogP contribution in [0, 0.1) is 34.5 Å². The van der Waals surface area contributed by atoms with Crippen LogP contribution in [0.15, 0.2) is 11.6 Å². The average molecular weight is 316 g/mol. The summed E-state index contributed by atoms with van der Waals surface area (Å²) in [5.74, 6) is 2.91. The normalized spacial score (nSPS) is 52.4. The highest BCUT2D eigenvalue weighted by Gasteiger charge is 2.60. The standard InChI is InChI=1S/C21H32O2/c1-4-13-11-18-16-6-5-14-12-15(22)7-9-20(14,2)17(16)8-10-21(18,3)19(13)23/h5,13,15-18,22H,4,6-12H2,1-3H3/t13-,15+,16-,17+,18+,20+,21+/m1/s1. The van der Waals surface area contributed by atoms with Crippen molar-refractivity contribution in [3.8, 4) is 0 Å². The molecule has 0 saturated heterocycles. The molecular formula is C21H32O2. The number of hydrogen-bond acceptors (Lipinski definition) is 2. The van der Waals surface area contributed by atoms with Gasteiger partial charge in [0.1, 0.15) is 5.78 Å². The third-order valence-electron chi connectivity index (χ3n) is 8.43. The lowest BCUT2D eigenvalue weighted by Gasteiger charge is -2.56. The van der Waals surface area contributed by atoms with Gasteiger partial charge in [0.25, 0.3) is 0 Å². The second-order valence-electron chi connectivity index (χ2n) is 9.32. The zero-order chi connectivity index (χ0) is 16.4. The number of carbonyl (C=O) groups excluding carboxylic acids is 1. The molecule has 0 bridgehead atoms. The molecule has 23 heavy (non-hydrogen) atoms. The van der Waals surface area contributed by atoms with E-state index in [1.165, 1.54) is 12.0 Å². The van der Waals surface area contributed by atoms with Crippen molar-refractivity contribution in [1.82, 2.24) is 0 Å². The van der Waals surface area contributed by atoms with Gasteiger partial charge in [-0.2, -0.15) is 0 Å². The Morgan fingerprint density at radius 3 is 2.65 bits per heavy atom. The first kappa shape index (κ1) is 15.9. The first-order valence-electron chi connectivity index (χ1n) is 9.82. The maximum absolute atomic E-state index is 12.9. The fourth-order valence-corrected chi connectivity index (χ4v) is 6.93. The van der Waals surface area contributed by atoms with E-state index < -0.39 is 0 Å². The Kier molecular flexibility index (Phi) is 3.58. The van der Waals surface area contributed by atoms with E-state index in [-0.39, 0.29) is 16.9 Å². The molecule has 0 amide bonds. The van der Waals surface area contributed by atoms with Gasteiger partial charge in [0.2, 0.25) is 0 Å². The molecule has 1 N–H and O–H groups in total. The molecule has 0 aromatic rings. The molecule has 128 valence electrons. The molecule has 0 unspecified atom stereocenters. The molecule has 0 aromatic heterocycles. The summed E-state index contributed by atoms with van der Waals surface area (Å²) in [5, 5.41) is 10.1. The Balaban J connectivity index is 1.68. The predicted octanol–water partition coefficient (Wildman–Crippen LogP) is 4.52. The average Bonchev–Trinajstić information content (AvgIpc) is 2.79. The Labute approximate surface area is 140 Å². The molecule has 4 aliphatic rings. The molecular weight excluding hydrogens is 284 g/mol. The van der Waals surface area contributed by atoms with E-state index in [0.29, 0.717) is 23.5 Å². The predicted molar refractivity (Wildman–Crippen MR) is 91.9 cm³/mol. The fraction of sp³-hybridized carbons (Fsp3) is 0.857. The van der Waals surface area contributed by atoms with Crippen molar-refractivity contribution in [3.05, 3.63) is 11.6 Å². The summed E-state index contributed by atoms with van der Waals surface area (Å²) in [5.41, 5.74) is 1.77. The molecule has 3 saturated carbocycles. The minimum absolute atomic E-state index is 0.0439. The van der Waals surface area contributed by atoms with Crippen LogP contribution in [-0.2, 0) is 4.79 Å². The van der Waals surface area contributed by atoms with Crippen LogP contribution in [0.1, 0.15) is 72.1 Å². The van der Waals surface area contributed by atoms with Crippen molar-refractivity contribution < 1.29 is 9.90 Å². The molecule has 3 fully saturated rings. The van der Waals surface area contributed by atoms with Gasteiger partial charge in [-0.3, -0.25) is 4.79 Å². The van der Waals surface area contributed by atoms with Crippen molar-refractivity contribution in [2.75, 3.05) is 0 Å². The SMILES string of the molecule is CC[C@@H]1C[C@H]2[C@@H]3CC=C4C[C@@H](O)CC[C@]4(C)[C@H]3CC[C@]2(C)C1=O. The van der Waals surface area contributed by atoms with Crippen molar-refractivity contribution >= 4 is 5.78 Å². The first-order chi connectivity index (χ1) is 10.9. The van der Waals surface area contributed by atoms with Gasteiger partial charge in [-0.25, -0.2) is 0 Å². The van der Waals surface area contributed by atoms with E-state index in [9.17, 15) is 9.90 Å². The Morgan fingerprint density at radius 2 is 1.91 bits per heavy atom. The van der Waals surface area contributed by atoms with Gasteiger partial charge in [-0.15, -0.1) is 0 Å². The van der Waals surface area contributed by atoms with E-state index in [4.69, 9.17) is 0 Å². The summed E-state index contributed by atoms with van der Waals surface area (Å²) < 4.78 is 0. The molecule has 0 heterocycles. The Hall–Kier alpha value is -0.630. The number of hydrogen-bond donors (Lipinski definition) is 1. The highest BCUT2D eigenvalue weighted by molar-refractivity contribution is 5.89. The maximum Gasteiger partial charge on any atom is 0.142 e. The lowest BCUT2D eigenvalue weighted by Crippen LogP contribution is -2.50. The largest absolute Gasteiger partial charge is 0.393 e. The van der Waals surface area contributed by atoms with E-state index in [0.717, 1.165) is 50.9 Å². The molecule has 0 aromatic carbocycles. The zero-order valence-electron chi connectivity index (χ0n) is 15.0. The summed E-state index contributed by atoms with van der Waals surface area (Å²) in [4.78, 5) is 12.9. The molecule has 4 aliphatic carbocycles. The van der Waals surface area contributed by atoms with Gasteiger partial charge >= 0.3 is 0 Å². The number of aliphatic hydroxyl groups is 1. The third-order valence-corrected chi connectivity index (χ3v) is 8.43. The van der Waals surface area contributed by atoms with Crippen LogP contribution in [-0.4, -0.2) is 17.0 Å². The maximum atomic E-state index is 12.9. The summed E-state index contributed by atoms with van der Waals surface area (Å²) in [7, 11) is 0. The summed E-state index contributed by atoms with van der Waals surface area (Å²) >= 11 is 0. The second kappa shape index (κ2) is 5.18. The lowest BCUT2D eigenvalue weighted by molar-refractivity contribution is -0.134. The number of Topliss-reactive ketones (excluding diaryl/α,β-unsaturated/α-hetero) is 1. The van der Waals surface area contributed by atoms with Crippen molar-refractivity contribution in [1.29, 1.82) is 0 Å². The van der Waals surface area contributed by atoms with E-state index in [1.807, 2.05) is 0 Å². The first-order valence-corrected chi connectivity index (χ1v) is 9.82. The van der Waals surface area contributed by atoms with Crippen LogP contribution < -0.4 is 0 Å². The van der Waals surface area contributed by atoms with Crippen LogP contribution in [0.4, 0.5) is 0 Å². The topological polar surface area (TPSA) is 37.3 Å². The monoisotopic (exact) mass is 316 g/mol. The molecule has 2 nitrogen and oxygen atoms in total. The minimum Gasteiger partial charge on any atom is -0.393 e. The van der Waals surface area contributed by atoms with Gasteiger partial charge in [-0.1, -0.05) is 32.4 Å². The fourth-order valence-electron chi connectivity index (χ4n) is 6.93. The quantitative estimate of drug-likeness (QED) is 0.722. The lowest BCUT2D eigenvalue weighted by atomic mass is 9.48. The van der Waals surface area contributed by atoms with Crippen LogP contribution in [0.3, 0.4) is 0 Å². The van der Waals surface area contributed by atoms with Crippen molar-refractivity contribution in [3.63, 3.8) is 0 Å². The van der Waals surface area contributed by atoms with Crippen LogP contribution in [0.5, 0.6) is 0 Å². The summed E-state index contributed by atoms with van der Waals surface area (Å²) in [6.45, 7) is 6.92. The smallest absolute Gasteiger partial charge is 0.142 e. The molecule has 4 rings (SSSR count). The van der Waals surface area contributed by atoms with Crippen molar-refractivity contribution in [2.45, 2.75) is 78.2 Å². The summed E-state index contributed by atoms with van der Waals surface area (Å²) in [6, 6.07) is 0. The number of rotatable bonds is 1. The van der Waals surface area contributed by atoms with Gasteiger partial charge in [0.05, 0.1) is 6.10 Å². The summed E-state index contributed by atoms with van der Waals surface area (Å²) in [6.07, 6.45) is 10.9. The van der Waals surface area contributed by atoms with E-state index >= 15 is 0 Å². The zero-order valence-corrected chi connectivity index (χ0v) is 15.0. The number of fused-ring (bicyclic) bond motifs is 5. The molecule has 7 atom stereocenters. The van der Waals surface area contributed by atoms with Gasteiger partial charge in [-0.05, 0) is 74.5 Å². The van der Waals surface area contributed by atoms with E-state index in [2.05, 4.69) is 26.8 Å². The van der Waals surface area contributed by atoms with Crippen LogP contribution in [0.2, 0.25) is 0 Å². The number of aliphatic hydroxyl groups excluding tert-OH is 1. The number of carbonyl (C=O) groups is 1. The Bertz CT molecular complexity index is 550. The van der Waals surface area contributed by atoms with Gasteiger partial charge < -0.3 is 5.11 Å². The van der Waals surface area contributed by atoms with E-state index in [1.54, 1.807) is 0 Å². The Morgan fingerprint density at radius 1 is 1.17 bits per heavy atom. The number of ketones is 1. The van der Waals surface area contributed by atoms with Crippen LogP contribution in [0.25, 0.3) is 0 Å². The number of allylic oxidation sites excluding steroid dienone is 1. The third kappa shape index (κ3) is 2.06. The molecule has 0 radical (unpaired) electrons. The molecule has 0 spiro atoms. The second-order valence-corrected chi connectivity index (χ2v) is 9.32. The molecule has 0 aliphatic heterocycles. The molecule has 2 heteroatoms. The minimum atomic E-state index is -0.128. The van der Waals surface area contributed by atoms with Gasteiger partial charge in [0, 0.05) is 11.3 Å². The van der Waals surface area contributed by atoms with Gasteiger partial charge in [0.15, 0.2) is 0 Å².